The summed E-state index contributed by atoms with van der Waals surface area (Å²) >= 11 is 0. The normalized spacial score (nSPS) is 10.6. The van der Waals surface area contributed by atoms with Gasteiger partial charge in [0.15, 0.2) is 0 Å². The van der Waals surface area contributed by atoms with Crippen LogP contribution in [0.15, 0.2) is 36.5 Å². The van der Waals surface area contributed by atoms with Crippen LogP contribution in [0, 0.1) is 12.7 Å². The van der Waals surface area contributed by atoms with Gasteiger partial charge in [-0.25, -0.2) is 4.39 Å². The van der Waals surface area contributed by atoms with Gasteiger partial charge in [-0.1, -0.05) is 13.0 Å². The zero-order valence-corrected chi connectivity index (χ0v) is 10.7. The Morgan fingerprint density at radius 1 is 1.22 bits per heavy atom. The van der Waals surface area contributed by atoms with Crippen LogP contribution < -0.4 is 5.32 Å². The molecule has 1 aromatic heterocycles. The van der Waals surface area contributed by atoms with Gasteiger partial charge in [0.05, 0.1) is 0 Å². The Morgan fingerprint density at radius 2 is 2.06 bits per heavy atom. The van der Waals surface area contributed by atoms with Crippen molar-refractivity contribution in [1.82, 2.24) is 10.3 Å². The van der Waals surface area contributed by atoms with E-state index >= 15 is 0 Å². The summed E-state index contributed by atoms with van der Waals surface area (Å²) < 4.78 is 13.4. The lowest BCUT2D eigenvalue weighted by Gasteiger charge is -2.11. The topological polar surface area (TPSA) is 24.9 Å². The molecule has 2 nitrogen and oxygen atoms in total. The standard InChI is InChI=1S/C15H17FN2/c1-3-17-10-13-4-5-14(16)9-15(13)12-6-7-18-11(2)8-12/h4-9,17H,3,10H2,1-2H3. The molecule has 94 valence electrons. The highest BCUT2D eigenvalue weighted by Gasteiger charge is 2.07. The quantitative estimate of drug-likeness (QED) is 0.892. The minimum absolute atomic E-state index is 0.209. The third kappa shape index (κ3) is 2.93. The lowest BCUT2D eigenvalue weighted by atomic mass is 9.99. The fourth-order valence-electron chi connectivity index (χ4n) is 1.94. The number of nitrogens with one attached hydrogen (secondary N) is 1. The maximum absolute atomic E-state index is 13.4. The van der Waals surface area contributed by atoms with E-state index in [1.54, 1.807) is 12.3 Å². The van der Waals surface area contributed by atoms with E-state index in [1.165, 1.54) is 6.07 Å². The molecule has 0 amide bonds. The Morgan fingerprint density at radius 3 is 2.78 bits per heavy atom. The second-order valence-corrected chi connectivity index (χ2v) is 4.27. The minimum atomic E-state index is -0.209. The highest BCUT2D eigenvalue weighted by molar-refractivity contribution is 5.67. The summed E-state index contributed by atoms with van der Waals surface area (Å²) in [5.74, 6) is -0.209. The molecule has 0 radical (unpaired) electrons. The maximum atomic E-state index is 13.4. The number of aromatic nitrogens is 1. The molecule has 18 heavy (non-hydrogen) atoms. The van der Waals surface area contributed by atoms with Gasteiger partial charge in [-0.05, 0) is 54.4 Å². The van der Waals surface area contributed by atoms with Gasteiger partial charge in [-0.2, -0.15) is 0 Å². The molecule has 1 heterocycles. The molecule has 0 aliphatic rings. The summed E-state index contributed by atoms with van der Waals surface area (Å²) in [7, 11) is 0. The van der Waals surface area contributed by atoms with Crippen LogP contribution in [0.2, 0.25) is 0 Å². The van der Waals surface area contributed by atoms with E-state index in [4.69, 9.17) is 0 Å². The van der Waals surface area contributed by atoms with Crippen molar-refractivity contribution < 1.29 is 4.39 Å². The first-order valence-electron chi connectivity index (χ1n) is 6.13. The van der Waals surface area contributed by atoms with Crippen LogP contribution in [-0.2, 0) is 6.54 Å². The van der Waals surface area contributed by atoms with Gasteiger partial charge in [0, 0.05) is 18.4 Å². The first-order valence-corrected chi connectivity index (χ1v) is 6.13. The van der Waals surface area contributed by atoms with E-state index in [1.807, 2.05) is 25.1 Å². The fraction of sp³-hybridized carbons (Fsp3) is 0.267. The van der Waals surface area contributed by atoms with E-state index in [2.05, 4.69) is 17.2 Å². The van der Waals surface area contributed by atoms with Crippen molar-refractivity contribution in [1.29, 1.82) is 0 Å². The van der Waals surface area contributed by atoms with E-state index in [0.717, 1.165) is 35.5 Å². The summed E-state index contributed by atoms with van der Waals surface area (Å²) in [5.41, 5.74) is 3.98. The van der Waals surface area contributed by atoms with Gasteiger partial charge in [0.25, 0.3) is 0 Å². The van der Waals surface area contributed by atoms with Crippen LogP contribution >= 0.6 is 0 Å². The lowest BCUT2D eigenvalue weighted by Crippen LogP contribution is -2.12. The zero-order chi connectivity index (χ0) is 13.0. The number of benzene rings is 1. The monoisotopic (exact) mass is 244 g/mol. The predicted molar refractivity (Wildman–Crippen MR) is 71.7 cm³/mol. The SMILES string of the molecule is CCNCc1ccc(F)cc1-c1ccnc(C)c1. The number of aryl methyl sites for hydroxylation is 1. The average Bonchev–Trinajstić information content (AvgIpc) is 2.37. The molecule has 0 aliphatic heterocycles. The van der Waals surface area contributed by atoms with Crippen LogP contribution in [0.3, 0.4) is 0 Å². The molecule has 0 bridgehead atoms. The van der Waals surface area contributed by atoms with Gasteiger partial charge in [-0.3, -0.25) is 4.98 Å². The van der Waals surface area contributed by atoms with Gasteiger partial charge in [-0.15, -0.1) is 0 Å². The van der Waals surface area contributed by atoms with Crippen molar-refractivity contribution in [2.45, 2.75) is 20.4 Å². The molecule has 0 saturated carbocycles. The molecule has 1 aromatic carbocycles. The molecular weight excluding hydrogens is 227 g/mol. The van der Waals surface area contributed by atoms with E-state index in [-0.39, 0.29) is 5.82 Å². The van der Waals surface area contributed by atoms with Crippen LogP contribution in [-0.4, -0.2) is 11.5 Å². The van der Waals surface area contributed by atoms with Gasteiger partial charge in [0.1, 0.15) is 5.82 Å². The number of pyridine rings is 1. The van der Waals surface area contributed by atoms with Gasteiger partial charge >= 0.3 is 0 Å². The van der Waals surface area contributed by atoms with Crippen molar-refractivity contribution in [2.24, 2.45) is 0 Å². The minimum Gasteiger partial charge on any atom is -0.313 e. The summed E-state index contributed by atoms with van der Waals surface area (Å²) in [6.07, 6.45) is 1.76. The molecule has 0 saturated heterocycles. The van der Waals surface area contributed by atoms with Crippen molar-refractivity contribution >= 4 is 0 Å². The molecular formula is C15H17FN2. The number of hydrogen-bond donors (Lipinski definition) is 1. The summed E-state index contributed by atoms with van der Waals surface area (Å²) in [4.78, 5) is 4.17. The summed E-state index contributed by atoms with van der Waals surface area (Å²) in [6.45, 7) is 5.63. The third-order valence-corrected chi connectivity index (χ3v) is 2.85. The van der Waals surface area contributed by atoms with E-state index in [0.29, 0.717) is 0 Å². The predicted octanol–water partition coefficient (Wildman–Crippen LogP) is 3.31. The molecule has 0 unspecified atom stereocenters. The Labute approximate surface area is 107 Å². The lowest BCUT2D eigenvalue weighted by molar-refractivity contribution is 0.626. The number of hydrogen-bond acceptors (Lipinski definition) is 2. The zero-order valence-electron chi connectivity index (χ0n) is 10.7. The Kier molecular flexibility index (Phi) is 4.05. The molecule has 0 spiro atoms. The Balaban J connectivity index is 2.44. The maximum Gasteiger partial charge on any atom is 0.123 e. The van der Waals surface area contributed by atoms with E-state index < -0.39 is 0 Å². The molecule has 0 fully saturated rings. The van der Waals surface area contributed by atoms with Crippen molar-refractivity contribution in [3.63, 3.8) is 0 Å². The van der Waals surface area contributed by atoms with Crippen LogP contribution in [0.25, 0.3) is 11.1 Å². The van der Waals surface area contributed by atoms with Crippen LogP contribution in [0.4, 0.5) is 4.39 Å². The number of halogens is 1. The Hall–Kier alpha value is -1.74. The van der Waals surface area contributed by atoms with Crippen LogP contribution in [0.5, 0.6) is 0 Å². The second kappa shape index (κ2) is 5.74. The Bertz CT molecular complexity index is 538. The highest BCUT2D eigenvalue weighted by atomic mass is 19.1. The molecule has 2 aromatic rings. The molecule has 0 aliphatic carbocycles. The van der Waals surface area contributed by atoms with Crippen molar-refractivity contribution in [2.75, 3.05) is 6.54 Å². The summed E-state index contributed by atoms with van der Waals surface area (Å²) in [5, 5.41) is 3.27. The average molecular weight is 244 g/mol. The van der Waals surface area contributed by atoms with Crippen molar-refractivity contribution in [3.8, 4) is 11.1 Å². The third-order valence-electron chi connectivity index (χ3n) is 2.85. The van der Waals surface area contributed by atoms with Gasteiger partial charge in [0.2, 0.25) is 0 Å². The van der Waals surface area contributed by atoms with Crippen molar-refractivity contribution in [3.05, 3.63) is 53.6 Å². The smallest absolute Gasteiger partial charge is 0.123 e. The molecule has 3 heteroatoms. The first kappa shape index (κ1) is 12.7. The second-order valence-electron chi connectivity index (χ2n) is 4.27. The first-order chi connectivity index (χ1) is 8.70. The molecule has 1 N–H and O–H groups in total. The van der Waals surface area contributed by atoms with E-state index in [9.17, 15) is 4.39 Å². The van der Waals surface area contributed by atoms with Gasteiger partial charge < -0.3 is 5.32 Å². The largest absolute Gasteiger partial charge is 0.313 e. The number of nitrogens with zero attached hydrogens (tertiary/aromatic N) is 1. The number of rotatable bonds is 4. The van der Waals surface area contributed by atoms with Crippen LogP contribution in [0.1, 0.15) is 18.2 Å². The fourth-order valence-corrected chi connectivity index (χ4v) is 1.94. The highest BCUT2D eigenvalue weighted by Crippen LogP contribution is 2.25. The molecule has 2 rings (SSSR count). The summed E-state index contributed by atoms with van der Waals surface area (Å²) in [6, 6.07) is 8.82. The molecule has 0 atom stereocenters.